The maximum atomic E-state index is 6.19. The first-order valence-electron chi connectivity index (χ1n) is 7.08. The van der Waals surface area contributed by atoms with E-state index in [1.165, 1.54) is 5.56 Å². The van der Waals surface area contributed by atoms with Crippen molar-refractivity contribution in [2.24, 2.45) is 0 Å². The lowest BCUT2D eigenvalue weighted by molar-refractivity contribution is 0.463. The van der Waals surface area contributed by atoms with Crippen LogP contribution in [0.4, 0.5) is 0 Å². The summed E-state index contributed by atoms with van der Waals surface area (Å²) >= 11 is 3.53. The smallest absolute Gasteiger partial charge is 0.135 e. The first-order chi connectivity index (χ1) is 10.0. The number of benzene rings is 1. The largest absolute Gasteiger partial charge is 0.457 e. The lowest BCUT2D eigenvalue weighted by Crippen LogP contribution is -2.07. The van der Waals surface area contributed by atoms with Crippen molar-refractivity contribution in [2.75, 3.05) is 7.05 Å². The second-order valence-corrected chi connectivity index (χ2v) is 6.32. The molecule has 0 atom stereocenters. The number of hydrogen-bond donors (Lipinski definition) is 1. The van der Waals surface area contributed by atoms with Crippen LogP contribution in [0, 0.1) is 6.92 Å². The molecule has 0 spiro atoms. The number of aryl methyl sites for hydroxylation is 1. The molecule has 0 bridgehead atoms. The summed E-state index contributed by atoms with van der Waals surface area (Å²) in [5, 5.41) is 3.15. The molecule has 1 aromatic heterocycles. The van der Waals surface area contributed by atoms with Crippen molar-refractivity contribution in [3.63, 3.8) is 0 Å². The standard InChI is InChI=1S/C17H21BrN2O/c1-11(2)15-8-14(18)5-6-16(15)21-17-7-12(3)20-10-13(17)9-19-4/h5-8,10-11,19H,9H2,1-4H3. The van der Waals surface area contributed by atoms with Crippen LogP contribution in [0.1, 0.15) is 36.6 Å². The van der Waals surface area contributed by atoms with Gasteiger partial charge in [0, 0.05) is 34.5 Å². The van der Waals surface area contributed by atoms with E-state index in [0.29, 0.717) is 5.92 Å². The monoisotopic (exact) mass is 348 g/mol. The molecule has 0 amide bonds. The van der Waals surface area contributed by atoms with Gasteiger partial charge in [0.05, 0.1) is 0 Å². The van der Waals surface area contributed by atoms with E-state index in [4.69, 9.17) is 4.74 Å². The van der Waals surface area contributed by atoms with Gasteiger partial charge in [-0.15, -0.1) is 0 Å². The lowest BCUT2D eigenvalue weighted by Gasteiger charge is -2.16. The summed E-state index contributed by atoms with van der Waals surface area (Å²) in [6.07, 6.45) is 1.87. The van der Waals surface area contributed by atoms with E-state index in [0.717, 1.165) is 33.8 Å². The zero-order chi connectivity index (χ0) is 15.4. The Hall–Kier alpha value is -1.39. The average Bonchev–Trinajstić information content (AvgIpc) is 2.43. The molecule has 2 rings (SSSR count). The molecule has 0 unspecified atom stereocenters. The molecule has 0 saturated heterocycles. The number of pyridine rings is 1. The molecule has 1 aromatic carbocycles. The van der Waals surface area contributed by atoms with Crippen LogP contribution in [-0.2, 0) is 6.54 Å². The van der Waals surface area contributed by atoms with Gasteiger partial charge in [-0.1, -0.05) is 29.8 Å². The molecular formula is C17H21BrN2O. The third-order valence-electron chi connectivity index (χ3n) is 3.26. The fourth-order valence-corrected chi connectivity index (χ4v) is 2.54. The SMILES string of the molecule is CNCc1cnc(C)cc1Oc1ccc(Br)cc1C(C)C. The lowest BCUT2D eigenvalue weighted by atomic mass is 10.0. The number of halogens is 1. The molecule has 0 aliphatic heterocycles. The number of hydrogen-bond acceptors (Lipinski definition) is 3. The first-order valence-corrected chi connectivity index (χ1v) is 7.88. The highest BCUT2D eigenvalue weighted by Gasteiger charge is 2.12. The van der Waals surface area contributed by atoms with Gasteiger partial charge in [0.25, 0.3) is 0 Å². The summed E-state index contributed by atoms with van der Waals surface area (Å²) in [6, 6.07) is 8.12. The molecule has 0 radical (unpaired) electrons. The Bertz CT molecular complexity index is 626. The van der Waals surface area contributed by atoms with E-state index < -0.39 is 0 Å². The van der Waals surface area contributed by atoms with Crippen molar-refractivity contribution in [3.05, 3.63) is 51.8 Å². The molecule has 0 fully saturated rings. The van der Waals surface area contributed by atoms with E-state index >= 15 is 0 Å². The Balaban J connectivity index is 2.40. The minimum absolute atomic E-state index is 0.396. The minimum atomic E-state index is 0.396. The third-order valence-corrected chi connectivity index (χ3v) is 3.75. The van der Waals surface area contributed by atoms with Crippen LogP contribution in [-0.4, -0.2) is 12.0 Å². The highest BCUT2D eigenvalue weighted by molar-refractivity contribution is 9.10. The van der Waals surface area contributed by atoms with Gasteiger partial charge in [0.1, 0.15) is 11.5 Å². The highest BCUT2D eigenvalue weighted by atomic mass is 79.9. The van der Waals surface area contributed by atoms with Gasteiger partial charge in [-0.05, 0) is 43.7 Å². The molecule has 0 saturated carbocycles. The molecule has 4 heteroatoms. The van der Waals surface area contributed by atoms with Gasteiger partial charge in [-0.25, -0.2) is 0 Å². The van der Waals surface area contributed by atoms with Crippen LogP contribution < -0.4 is 10.1 Å². The van der Waals surface area contributed by atoms with Gasteiger partial charge >= 0.3 is 0 Å². The van der Waals surface area contributed by atoms with Gasteiger partial charge in [0.15, 0.2) is 0 Å². The Morgan fingerprint density at radius 2 is 2.00 bits per heavy atom. The molecule has 21 heavy (non-hydrogen) atoms. The van der Waals surface area contributed by atoms with Crippen LogP contribution in [0.25, 0.3) is 0 Å². The maximum absolute atomic E-state index is 6.19. The number of ether oxygens (including phenoxy) is 1. The number of aromatic nitrogens is 1. The van der Waals surface area contributed by atoms with Crippen molar-refractivity contribution >= 4 is 15.9 Å². The van der Waals surface area contributed by atoms with Crippen LogP contribution in [0.15, 0.2) is 34.9 Å². The van der Waals surface area contributed by atoms with E-state index in [1.54, 1.807) is 0 Å². The number of nitrogens with one attached hydrogen (secondary N) is 1. The zero-order valence-corrected chi connectivity index (χ0v) is 14.5. The molecule has 0 aliphatic carbocycles. The molecule has 0 aliphatic rings. The van der Waals surface area contributed by atoms with Crippen molar-refractivity contribution in [3.8, 4) is 11.5 Å². The molecule has 112 valence electrons. The Labute approximate surface area is 134 Å². The number of nitrogens with zero attached hydrogens (tertiary/aromatic N) is 1. The third kappa shape index (κ3) is 4.05. The summed E-state index contributed by atoms with van der Waals surface area (Å²) in [4.78, 5) is 4.34. The van der Waals surface area contributed by atoms with Gasteiger partial charge in [0.2, 0.25) is 0 Å². The fraction of sp³-hybridized carbons (Fsp3) is 0.353. The van der Waals surface area contributed by atoms with Crippen LogP contribution in [0.5, 0.6) is 11.5 Å². The van der Waals surface area contributed by atoms with E-state index in [2.05, 4.69) is 46.1 Å². The highest BCUT2D eigenvalue weighted by Crippen LogP contribution is 2.34. The van der Waals surface area contributed by atoms with Crippen molar-refractivity contribution in [2.45, 2.75) is 33.2 Å². The van der Waals surface area contributed by atoms with Crippen LogP contribution in [0.3, 0.4) is 0 Å². The Kier molecular flexibility index (Phi) is 5.37. The summed E-state index contributed by atoms with van der Waals surface area (Å²) in [7, 11) is 1.92. The van der Waals surface area contributed by atoms with Crippen LogP contribution >= 0.6 is 15.9 Å². The Morgan fingerprint density at radius 3 is 2.67 bits per heavy atom. The topological polar surface area (TPSA) is 34.2 Å². The second kappa shape index (κ2) is 7.05. The molecule has 2 aromatic rings. The second-order valence-electron chi connectivity index (χ2n) is 5.40. The fourth-order valence-electron chi connectivity index (χ4n) is 2.16. The predicted molar refractivity (Wildman–Crippen MR) is 90.0 cm³/mol. The average molecular weight is 349 g/mol. The summed E-state index contributed by atoms with van der Waals surface area (Å²) in [5.41, 5.74) is 3.20. The van der Waals surface area contributed by atoms with E-state index in [9.17, 15) is 0 Å². The normalized spacial score (nSPS) is 11.0. The molecule has 1 heterocycles. The van der Waals surface area contributed by atoms with Crippen molar-refractivity contribution in [1.29, 1.82) is 0 Å². The quantitative estimate of drug-likeness (QED) is 0.843. The minimum Gasteiger partial charge on any atom is -0.457 e. The van der Waals surface area contributed by atoms with E-state index in [-0.39, 0.29) is 0 Å². The molecule has 1 N–H and O–H groups in total. The summed E-state index contributed by atoms with van der Waals surface area (Å²) in [5.74, 6) is 2.16. The molecular weight excluding hydrogens is 328 g/mol. The zero-order valence-electron chi connectivity index (χ0n) is 12.9. The first kappa shape index (κ1) is 16.0. The van der Waals surface area contributed by atoms with Crippen molar-refractivity contribution < 1.29 is 4.74 Å². The number of rotatable bonds is 5. The predicted octanol–water partition coefficient (Wildman–Crippen LogP) is 4.79. The van der Waals surface area contributed by atoms with Gasteiger partial charge in [-0.3, -0.25) is 4.98 Å². The van der Waals surface area contributed by atoms with Crippen molar-refractivity contribution in [1.82, 2.24) is 10.3 Å². The van der Waals surface area contributed by atoms with Gasteiger partial charge in [-0.2, -0.15) is 0 Å². The Morgan fingerprint density at radius 1 is 1.24 bits per heavy atom. The van der Waals surface area contributed by atoms with E-state index in [1.807, 2.05) is 38.4 Å². The summed E-state index contributed by atoms with van der Waals surface area (Å²) in [6.45, 7) is 7.04. The van der Waals surface area contributed by atoms with Gasteiger partial charge < -0.3 is 10.1 Å². The maximum Gasteiger partial charge on any atom is 0.135 e. The molecule has 3 nitrogen and oxygen atoms in total. The van der Waals surface area contributed by atoms with Crippen LogP contribution in [0.2, 0.25) is 0 Å². The summed E-state index contributed by atoms with van der Waals surface area (Å²) < 4.78 is 7.26.